The molecule has 0 aromatic rings. The zero-order valence-corrected chi connectivity index (χ0v) is 28.2. The Labute approximate surface area is 287 Å². The minimum absolute atomic E-state index is 0.0553. The summed E-state index contributed by atoms with van der Waals surface area (Å²) in [6.07, 6.45) is -29.1. The molecule has 4 bridgehead atoms. The van der Waals surface area contributed by atoms with E-state index >= 15 is 0 Å². The lowest BCUT2D eigenvalue weighted by Gasteiger charge is -2.68. The van der Waals surface area contributed by atoms with Crippen LogP contribution in [0.1, 0.15) is 80.1 Å². The number of alkyl halides is 12. The second kappa shape index (κ2) is 12.8. The van der Waals surface area contributed by atoms with E-state index < -0.39 is 94.0 Å². The SMILES string of the molecule is CC(OC(=O)C(O)(C(F)(F)F)C(F)(F)F)C(=O)OC(C)(C)C12CC3CC(C1)CC(C(C)(C)OC(=O)C(C)OC(=O)C(O)(C(F)(F)F)C(F)(F)F)(C3)C2. The lowest BCUT2D eigenvalue weighted by atomic mass is 9.38. The number of ether oxygens (including phenoxy) is 4. The third kappa shape index (κ3) is 7.01. The van der Waals surface area contributed by atoms with Crippen molar-refractivity contribution in [2.75, 3.05) is 0 Å². The summed E-state index contributed by atoms with van der Waals surface area (Å²) in [5, 5.41) is 18.6. The van der Waals surface area contributed by atoms with Crippen LogP contribution in [0.25, 0.3) is 0 Å². The van der Waals surface area contributed by atoms with Crippen molar-refractivity contribution in [1.82, 2.24) is 0 Å². The highest BCUT2D eigenvalue weighted by Gasteiger charge is 2.78. The molecule has 22 heteroatoms. The number of hydrogen-bond acceptors (Lipinski definition) is 10. The number of aliphatic hydroxyl groups is 2. The highest BCUT2D eigenvalue weighted by molar-refractivity contribution is 5.86. The van der Waals surface area contributed by atoms with Crippen LogP contribution >= 0.6 is 0 Å². The number of esters is 4. The molecule has 4 saturated carbocycles. The number of carbonyl (C=O) groups is 4. The lowest BCUT2D eigenvalue weighted by molar-refractivity contribution is -0.358. The van der Waals surface area contributed by atoms with Gasteiger partial charge in [0.25, 0.3) is 0 Å². The Morgan fingerprint density at radius 2 is 0.808 bits per heavy atom. The molecular weight excluding hydrogens is 748 g/mol. The molecule has 4 aliphatic carbocycles. The number of hydrogen-bond donors (Lipinski definition) is 2. The van der Waals surface area contributed by atoms with Crippen LogP contribution in [0.5, 0.6) is 0 Å². The summed E-state index contributed by atoms with van der Waals surface area (Å²) in [7, 11) is 0. The molecule has 4 fully saturated rings. The average Bonchev–Trinajstić information content (AvgIpc) is 2.92. The Morgan fingerprint density at radius 3 is 1.04 bits per heavy atom. The fourth-order valence-corrected chi connectivity index (χ4v) is 7.93. The predicted molar refractivity (Wildman–Crippen MR) is 145 cm³/mol. The molecule has 0 aliphatic heterocycles. The van der Waals surface area contributed by atoms with Crippen molar-refractivity contribution in [3.8, 4) is 0 Å². The quantitative estimate of drug-likeness (QED) is 0.159. The van der Waals surface area contributed by atoms with Crippen molar-refractivity contribution >= 4 is 23.9 Å². The van der Waals surface area contributed by atoms with Crippen LogP contribution in [-0.2, 0) is 38.1 Å². The molecule has 0 radical (unpaired) electrons. The van der Waals surface area contributed by atoms with Gasteiger partial charge < -0.3 is 29.2 Å². The van der Waals surface area contributed by atoms with Gasteiger partial charge >= 0.3 is 59.8 Å². The first kappa shape index (κ1) is 43.4. The van der Waals surface area contributed by atoms with E-state index in [0.717, 1.165) is 0 Å². The molecule has 10 nitrogen and oxygen atoms in total. The lowest BCUT2D eigenvalue weighted by Crippen LogP contribution is -2.66. The first-order chi connectivity index (χ1) is 22.9. The van der Waals surface area contributed by atoms with E-state index in [9.17, 15) is 82.1 Å². The van der Waals surface area contributed by atoms with Gasteiger partial charge in [-0.25, -0.2) is 19.2 Å². The van der Waals surface area contributed by atoms with Gasteiger partial charge in [-0.2, -0.15) is 52.7 Å². The molecule has 4 aliphatic rings. The minimum atomic E-state index is -6.58. The van der Waals surface area contributed by atoms with Gasteiger partial charge in [-0.05, 0) is 91.9 Å². The number of rotatable bonds is 10. The van der Waals surface area contributed by atoms with Crippen molar-refractivity contribution < 1.29 is 101 Å². The van der Waals surface area contributed by atoms with E-state index in [0.29, 0.717) is 46.0 Å². The molecular formula is C30H36F12O10. The largest absolute Gasteiger partial charge is 0.456 e. The number of halogens is 12. The van der Waals surface area contributed by atoms with Crippen LogP contribution in [0.15, 0.2) is 0 Å². The molecule has 52 heavy (non-hydrogen) atoms. The van der Waals surface area contributed by atoms with Gasteiger partial charge in [-0.15, -0.1) is 0 Å². The van der Waals surface area contributed by atoms with Gasteiger partial charge in [0.1, 0.15) is 11.2 Å². The molecule has 300 valence electrons. The van der Waals surface area contributed by atoms with E-state index in [4.69, 9.17) is 9.47 Å². The molecule has 0 spiro atoms. The van der Waals surface area contributed by atoms with Crippen molar-refractivity contribution in [1.29, 1.82) is 0 Å². The predicted octanol–water partition coefficient (Wildman–Crippen LogP) is 5.79. The van der Waals surface area contributed by atoms with E-state index in [2.05, 4.69) is 9.47 Å². The van der Waals surface area contributed by atoms with Crippen LogP contribution in [0, 0.1) is 22.7 Å². The summed E-state index contributed by atoms with van der Waals surface area (Å²) >= 11 is 0. The standard InChI is InChI=1S/C30H36F12O10/c1-13(49-19(45)25(47,27(31,32)33)28(34,35)36)17(43)51-21(3,4)23-8-15-7-16(9-23)11-24(10-15,12-23)22(5,6)52-18(44)14(2)50-20(46)26(48,29(37,38)39)30(40,41)42/h13-16,47-48H,7-12H2,1-6H3. The topological polar surface area (TPSA) is 146 Å². The molecule has 2 unspecified atom stereocenters. The monoisotopic (exact) mass is 784 g/mol. The molecule has 0 aromatic heterocycles. The van der Waals surface area contributed by atoms with Crippen molar-refractivity contribution in [3.05, 3.63) is 0 Å². The van der Waals surface area contributed by atoms with Crippen molar-refractivity contribution in [3.63, 3.8) is 0 Å². The Morgan fingerprint density at radius 1 is 0.558 bits per heavy atom. The Bertz CT molecular complexity index is 1290. The number of carbonyl (C=O) groups excluding carboxylic acids is 4. The van der Waals surface area contributed by atoms with Gasteiger partial charge in [0.05, 0.1) is 0 Å². The van der Waals surface area contributed by atoms with Crippen LogP contribution < -0.4 is 0 Å². The van der Waals surface area contributed by atoms with Gasteiger partial charge in [0.15, 0.2) is 12.2 Å². The van der Waals surface area contributed by atoms with E-state index in [1.165, 1.54) is 27.7 Å². The molecule has 0 amide bonds. The first-order valence-corrected chi connectivity index (χ1v) is 15.5. The molecule has 0 heterocycles. The third-order valence-electron chi connectivity index (χ3n) is 10.8. The zero-order valence-electron chi connectivity index (χ0n) is 28.2. The van der Waals surface area contributed by atoms with Crippen LogP contribution in [0.4, 0.5) is 52.7 Å². The average molecular weight is 785 g/mol. The minimum Gasteiger partial charge on any atom is -0.456 e. The highest BCUT2D eigenvalue weighted by atomic mass is 19.4. The maximum Gasteiger partial charge on any atom is 0.437 e. The summed E-state index contributed by atoms with van der Waals surface area (Å²) in [4.78, 5) is 49.8. The van der Waals surface area contributed by atoms with E-state index in [-0.39, 0.29) is 18.3 Å². The fourth-order valence-electron chi connectivity index (χ4n) is 7.93. The maximum absolute atomic E-state index is 13.1. The van der Waals surface area contributed by atoms with Gasteiger partial charge in [0.2, 0.25) is 0 Å². The molecule has 4 rings (SSSR count). The Hall–Kier alpha value is -3.04. The van der Waals surface area contributed by atoms with Crippen molar-refractivity contribution in [2.24, 2.45) is 22.7 Å². The zero-order chi connectivity index (χ0) is 40.7. The molecule has 0 saturated heterocycles. The van der Waals surface area contributed by atoms with Crippen LogP contribution in [0.3, 0.4) is 0 Å². The van der Waals surface area contributed by atoms with Crippen LogP contribution in [0.2, 0.25) is 0 Å². The maximum atomic E-state index is 13.1. The van der Waals surface area contributed by atoms with Crippen LogP contribution in [-0.4, -0.2) is 93.4 Å². The van der Waals surface area contributed by atoms with Crippen molar-refractivity contribution in [2.45, 2.75) is 139 Å². The summed E-state index contributed by atoms with van der Waals surface area (Å²) < 4.78 is 177. The highest BCUT2D eigenvalue weighted by Crippen LogP contribution is 2.71. The molecule has 0 aromatic carbocycles. The molecule has 2 atom stereocenters. The fraction of sp³-hybridized carbons (Fsp3) is 0.867. The third-order valence-corrected chi connectivity index (χ3v) is 10.8. The summed E-state index contributed by atoms with van der Waals surface area (Å²) in [5.74, 6) is -9.93. The Balaban J connectivity index is 1.82. The summed E-state index contributed by atoms with van der Waals surface area (Å²) in [6.45, 7) is 6.75. The van der Waals surface area contributed by atoms with Gasteiger partial charge in [0, 0.05) is 10.8 Å². The second-order valence-corrected chi connectivity index (χ2v) is 14.9. The second-order valence-electron chi connectivity index (χ2n) is 14.9. The Kier molecular flexibility index (Phi) is 10.7. The van der Waals surface area contributed by atoms with Gasteiger partial charge in [-0.1, -0.05) is 0 Å². The van der Waals surface area contributed by atoms with Gasteiger partial charge in [-0.3, -0.25) is 0 Å². The summed E-state index contributed by atoms with van der Waals surface area (Å²) in [6, 6.07) is 0. The van der Waals surface area contributed by atoms with E-state index in [1.54, 1.807) is 0 Å². The summed E-state index contributed by atoms with van der Waals surface area (Å²) in [5.41, 5.74) is -17.2. The molecule has 2 N–H and O–H groups in total. The first-order valence-electron chi connectivity index (χ1n) is 15.5. The van der Waals surface area contributed by atoms with E-state index in [1.807, 2.05) is 0 Å². The normalized spacial score (nSPS) is 27.1. The smallest absolute Gasteiger partial charge is 0.437 e.